The van der Waals surface area contributed by atoms with Gasteiger partial charge in [0.25, 0.3) is 5.91 Å². The number of carbonyl (C=O) groups is 1. The monoisotopic (exact) mass is 446 g/mol. The van der Waals surface area contributed by atoms with Gasteiger partial charge in [-0.15, -0.1) is 0 Å². The molecule has 1 fully saturated rings. The van der Waals surface area contributed by atoms with Crippen molar-refractivity contribution in [3.05, 3.63) is 64.7 Å². The van der Waals surface area contributed by atoms with Crippen LogP contribution < -0.4 is 11.1 Å². The second kappa shape index (κ2) is 8.59. The fourth-order valence-corrected chi connectivity index (χ4v) is 4.40. The molecule has 1 saturated carbocycles. The number of anilines is 1. The number of nitrogens with one attached hydrogen (secondary N) is 1. The number of amides is 1. The van der Waals surface area contributed by atoms with E-state index >= 15 is 0 Å². The normalized spacial score (nSPS) is 15.0. The van der Waals surface area contributed by atoms with Gasteiger partial charge in [0, 0.05) is 11.1 Å². The van der Waals surface area contributed by atoms with Gasteiger partial charge < -0.3 is 11.1 Å². The maximum atomic E-state index is 13.3. The van der Waals surface area contributed by atoms with Crippen molar-refractivity contribution in [1.82, 2.24) is 20.0 Å². The number of fused-ring (bicyclic) bond motifs is 2. The molecule has 2 aromatic heterocycles. The predicted molar refractivity (Wildman–Crippen MR) is 128 cm³/mol. The van der Waals surface area contributed by atoms with E-state index in [0.29, 0.717) is 32.8 Å². The molecule has 0 saturated heterocycles. The van der Waals surface area contributed by atoms with Crippen molar-refractivity contribution in [2.75, 3.05) is 5.73 Å². The fourth-order valence-electron chi connectivity index (χ4n) is 4.20. The SMILES string of the molecule is Nc1c(C(=O)NC2CCCCC2)c2nc3ccccc3nc2n1/N=C/c1cccc(Cl)c1. The predicted octanol–water partition coefficient (Wildman–Crippen LogP) is 4.76. The summed E-state index contributed by atoms with van der Waals surface area (Å²) in [6, 6.07) is 15.0. The number of carbonyl (C=O) groups excluding carboxylic acids is 1. The highest BCUT2D eigenvalue weighted by molar-refractivity contribution is 6.30. The first-order chi connectivity index (χ1) is 15.6. The molecule has 1 aliphatic rings. The molecule has 5 rings (SSSR count). The first-order valence-corrected chi connectivity index (χ1v) is 11.2. The van der Waals surface area contributed by atoms with Crippen LogP contribution in [0.15, 0.2) is 53.6 Å². The number of hydrogen-bond acceptors (Lipinski definition) is 5. The van der Waals surface area contributed by atoms with Crippen molar-refractivity contribution in [1.29, 1.82) is 0 Å². The molecule has 1 aliphatic carbocycles. The standard InChI is InChI=1S/C24H23ClN6O/c25-16-8-6-7-15(13-16)14-27-31-22(26)20(24(32)28-17-9-2-1-3-10-17)21-23(31)30-19-12-5-4-11-18(19)29-21/h4-8,11-14,17H,1-3,9-10,26H2,(H,28,32)/b27-14+. The molecule has 3 N–H and O–H groups in total. The van der Waals surface area contributed by atoms with E-state index in [-0.39, 0.29) is 17.8 Å². The Hall–Kier alpha value is -3.45. The van der Waals surface area contributed by atoms with Crippen molar-refractivity contribution >= 4 is 51.7 Å². The highest BCUT2D eigenvalue weighted by Crippen LogP contribution is 2.28. The number of nitrogens with two attached hydrogens (primary N) is 1. The van der Waals surface area contributed by atoms with E-state index in [1.807, 2.05) is 36.4 Å². The third-order valence-electron chi connectivity index (χ3n) is 5.81. The second-order valence-electron chi connectivity index (χ2n) is 8.06. The van der Waals surface area contributed by atoms with E-state index in [2.05, 4.69) is 10.4 Å². The molecule has 162 valence electrons. The third kappa shape index (κ3) is 3.91. The highest BCUT2D eigenvalue weighted by Gasteiger charge is 2.26. The molecule has 32 heavy (non-hydrogen) atoms. The molecule has 1 amide bonds. The number of para-hydroxylation sites is 2. The van der Waals surface area contributed by atoms with Crippen LogP contribution in [0.3, 0.4) is 0 Å². The van der Waals surface area contributed by atoms with E-state index in [4.69, 9.17) is 27.3 Å². The maximum absolute atomic E-state index is 13.3. The van der Waals surface area contributed by atoms with Crippen LogP contribution in [0.25, 0.3) is 22.2 Å². The van der Waals surface area contributed by atoms with E-state index < -0.39 is 0 Å². The molecule has 0 unspecified atom stereocenters. The molecule has 2 heterocycles. The van der Waals surface area contributed by atoms with E-state index in [0.717, 1.165) is 31.2 Å². The molecule has 8 heteroatoms. The van der Waals surface area contributed by atoms with Crippen molar-refractivity contribution in [3.63, 3.8) is 0 Å². The summed E-state index contributed by atoms with van der Waals surface area (Å²) < 4.78 is 1.48. The summed E-state index contributed by atoms with van der Waals surface area (Å²) in [5.74, 6) is -0.0254. The lowest BCUT2D eigenvalue weighted by Crippen LogP contribution is -2.36. The average Bonchev–Trinajstić information content (AvgIpc) is 3.07. The van der Waals surface area contributed by atoms with Gasteiger partial charge in [0.15, 0.2) is 5.65 Å². The smallest absolute Gasteiger partial charge is 0.257 e. The van der Waals surface area contributed by atoms with Crippen LogP contribution in [-0.4, -0.2) is 32.8 Å². The summed E-state index contributed by atoms with van der Waals surface area (Å²) in [7, 11) is 0. The number of nitrogen functional groups attached to an aromatic ring is 1. The number of benzene rings is 2. The van der Waals surface area contributed by atoms with Gasteiger partial charge in [0.1, 0.15) is 16.9 Å². The molecule has 2 aromatic carbocycles. The molecule has 0 radical (unpaired) electrons. The molecular weight excluding hydrogens is 424 g/mol. The van der Waals surface area contributed by atoms with Gasteiger partial charge in [-0.2, -0.15) is 9.78 Å². The van der Waals surface area contributed by atoms with Crippen LogP contribution in [0.1, 0.15) is 48.0 Å². The maximum Gasteiger partial charge on any atom is 0.257 e. The van der Waals surface area contributed by atoms with E-state index in [9.17, 15) is 4.79 Å². The Morgan fingerprint density at radius 3 is 2.59 bits per heavy atom. The number of rotatable bonds is 4. The number of aromatic nitrogens is 3. The zero-order chi connectivity index (χ0) is 22.1. The minimum Gasteiger partial charge on any atom is -0.383 e. The molecule has 0 aliphatic heterocycles. The van der Waals surface area contributed by atoms with E-state index in [1.165, 1.54) is 11.1 Å². The Labute approximate surface area is 190 Å². The Morgan fingerprint density at radius 1 is 1.09 bits per heavy atom. The van der Waals surface area contributed by atoms with Crippen LogP contribution in [-0.2, 0) is 0 Å². The lowest BCUT2D eigenvalue weighted by atomic mass is 9.95. The Balaban J connectivity index is 1.62. The Kier molecular flexibility index (Phi) is 5.49. The zero-order valence-corrected chi connectivity index (χ0v) is 18.2. The van der Waals surface area contributed by atoms with Crippen molar-refractivity contribution < 1.29 is 4.79 Å². The van der Waals surface area contributed by atoms with Gasteiger partial charge in [0.05, 0.1) is 17.2 Å². The lowest BCUT2D eigenvalue weighted by molar-refractivity contribution is 0.0930. The van der Waals surface area contributed by atoms with Crippen LogP contribution in [0.4, 0.5) is 5.82 Å². The molecule has 4 aromatic rings. The van der Waals surface area contributed by atoms with Crippen molar-refractivity contribution in [2.24, 2.45) is 5.10 Å². The lowest BCUT2D eigenvalue weighted by Gasteiger charge is -2.22. The van der Waals surface area contributed by atoms with Gasteiger partial charge in [-0.3, -0.25) is 4.79 Å². The van der Waals surface area contributed by atoms with Gasteiger partial charge in [-0.25, -0.2) is 9.97 Å². The fraction of sp³-hybridized carbons (Fsp3) is 0.250. The number of nitrogens with zero attached hydrogens (tertiary/aromatic N) is 4. The molecule has 7 nitrogen and oxygen atoms in total. The second-order valence-corrected chi connectivity index (χ2v) is 8.50. The van der Waals surface area contributed by atoms with Crippen molar-refractivity contribution in [3.8, 4) is 0 Å². The van der Waals surface area contributed by atoms with Gasteiger partial charge in [0.2, 0.25) is 0 Å². The van der Waals surface area contributed by atoms with Crippen LogP contribution >= 0.6 is 11.6 Å². The Morgan fingerprint density at radius 2 is 1.84 bits per heavy atom. The van der Waals surface area contributed by atoms with Crippen LogP contribution in [0, 0.1) is 0 Å². The largest absolute Gasteiger partial charge is 0.383 e. The average molecular weight is 447 g/mol. The summed E-state index contributed by atoms with van der Waals surface area (Å²) >= 11 is 6.09. The van der Waals surface area contributed by atoms with Crippen LogP contribution in [0.5, 0.6) is 0 Å². The quantitative estimate of drug-likeness (QED) is 0.441. The zero-order valence-electron chi connectivity index (χ0n) is 17.5. The first kappa shape index (κ1) is 20.5. The summed E-state index contributed by atoms with van der Waals surface area (Å²) in [5.41, 5.74) is 9.86. The summed E-state index contributed by atoms with van der Waals surface area (Å²) in [6.45, 7) is 0. The summed E-state index contributed by atoms with van der Waals surface area (Å²) in [4.78, 5) is 22.7. The van der Waals surface area contributed by atoms with E-state index in [1.54, 1.807) is 18.3 Å². The summed E-state index contributed by atoms with van der Waals surface area (Å²) in [5, 5.41) is 8.28. The topological polar surface area (TPSA) is 98.2 Å². The summed E-state index contributed by atoms with van der Waals surface area (Å²) in [6.07, 6.45) is 7.05. The van der Waals surface area contributed by atoms with Gasteiger partial charge >= 0.3 is 0 Å². The molecule has 0 atom stereocenters. The third-order valence-corrected chi connectivity index (χ3v) is 6.05. The molecule has 0 bridgehead atoms. The minimum atomic E-state index is -0.235. The minimum absolute atomic E-state index is 0.150. The van der Waals surface area contributed by atoms with Crippen molar-refractivity contribution in [2.45, 2.75) is 38.1 Å². The first-order valence-electron chi connectivity index (χ1n) is 10.8. The van der Waals surface area contributed by atoms with Gasteiger partial charge in [-0.05, 0) is 42.7 Å². The van der Waals surface area contributed by atoms with Crippen LogP contribution in [0.2, 0.25) is 5.02 Å². The Bertz CT molecular complexity index is 1340. The highest BCUT2D eigenvalue weighted by atomic mass is 35.5. The number of hydrogen-bond donors (Lipinski definition) is 2. The van der Waals surface area contributed by atoms with Gasteiger partial charge in [-0.1, -0.05) is 55.1 Å². The molecular formula is C24H23ClN6O. The molecule has 0 spiro atoms. The number of halogens is 1.